The van der Waals surface area contributed by atoms with E-state index in [9.17, 15) is 24.3 Å². The van der Waals surface area contributed by atoms with E-state index in [1.54, 1.807) is 13.0 Å². The molecule has 120 valence electrons. The Labute approximate surface area is 132 Å². The number of phenols is 1. The fraction of sp³-hybridized carbons (Fsp3) is 0.375. The van der Waals surface area contributed by atoms with Crippen molar-refractivity contribution in [1.82, 2.24) is 9.80 Å². The number of aromatic hydroxyl groups is 1. The van der Waals surface area contributed by atoms with E-state index in [-0.39, 0.29) is 23.5 Å². The minimum atomic E-state index is -0.747. The molecule has 2 aliphatic rings. The number of fused-ring (bicyclic) bond motifs is 3. The van der Waals surface area contributed by atoms with Gasteiger partial charge >= 0.3 is 6.03 Å². The first-order chi connectivity index (χ1) is 10.8. The number of rotatable bonds is 0. The van der Waals surface area contributed by atoms with Gasteiger partial charge in [-0.15, -0.1) is 0 Å². The quantitative estimate of drug-likeness (QED) is 0.783. The van der Waals surface area contributed by atoms with Crippen LogP contribution in [0.15, 0.2) is 12.1 Å². The average molecular weight is 316 g/mol. The minimum absolute atomic E-state index is 0.107. The zero-order valence-corrected chi connectivity index (χ0v) is 13.0. The Morgan fingerprint density at radius 1 is 1.13 bits per heavy atom. The van der Waals surface area contributed by atoms with Crippen molar-refractivity contribution in [3.63, 3.8) is 0 Å². The van der Waals surface area contributed by atoms with Crippen molar-refractivity contribution in [2.75, 3.05) is 0 Å². The third-order valence-electron chi connectivity index (χ3n) is 4.48. The summed E-state index contributed by atoms with van der Waals surface area (Å²) in [6.45, 7) is 4.22. The van der Waals surface area contributed by atoms with Crippen LogP contribution in [-0.2, 0) is 9.59 Å². The number of phenolic OH excluding ortho intramolecular Hbond substituents is 1. The number of ketones is 1. The molecule has 0 bridgehead atoms. The molecule has 1 heterocycles. The molecule has 1 saturated heterocycles. The minimum Gasteiger partial charge on any atom is -0.507 e. The predicted molar refractivity (Wildman–Crippen MR) is 78.8 cm³/mol. The van der Waals surface area contributed by atoms with Gasteiger partial charge in [0, 0.05) is 20.3 Å². The lowest BCUT2D eigenvalue weighted by molar-refractivity contribution is -0.127. The Balaban J connectivity index is 2.29. The molecule has 0 spiro atoms. The normalized spacial score (nSPS) is 22.9. The molecule has 7 nitrogen and oxygen atoms in total. The molecular formula is C16H16N2O5. The highest BCUT2D eigenvalue weighted by atomic mass is 16.3. The zero-order valence-electron chi connectivity index (χ0n) is 13.0. The first-order valence-electron chi connectivity index (χ1n) is 7.25. The van der Waals surface area contributed by atoms with Crippen molar-refractivity contribution in [2.24, 2.45) is 0 Å². The lowest BCUT2D eigenvalue weighted by Crippen LogP contribution is -2.41. The van der Waals surface area contributed by atoms with Crippen LogP contribution < -0.4 is 0 Å². The Morgan fingerprint density at radius 2 is 1.74 bits per heavy atom. The molecule has 1 N–H and O–H groups in total. The maximum Gasteiger partial charge on any atom is 0.334 e. The second kappa shape index (κ2) is 4.91. The van der Waals surface area contributed by atoms with Gasteiger partial charge in [0.25, 0.3) is 0 Å². The van der Waals surface area contributed by atoms with Crippen LogP contribution in [0.2, 0.25) is 0 Å². The summed E-state index contributed by atoms with van der Waals surface area (Å²) in [5.41, 5.74) is 1.26. The first kappa shape index (κ1) is 15.2. The molecule has 0 radical (unpaired) electrons. The third-order valence-corrected chi connectivity index (χ3v) is 4.48. The summed E-state index contributed by atoms with van der Waals surface area (Å²) in [6, 6.07) is 0.851. The molecule has 1 aromatic carbocycles. The lowest BCUT2D eigenvalue weighted by atomic mass is 9.80. The van der Waals surface area contributed by atoms with Crippen LogP contribution in [-0.4, -0.2) is 44.6 Å². The maximum atomic E-state index is 12.5. The van der Waals surface area contributed by atoms with E-state index in [0.29, 0.717) is 11.1 Å². The SMILES string of the molecule is CC(=O)N1C(=O)N(C(C)=O)[C@H]2c3c(C)ccc(O)c3C(=O)C[C@H]21. The fourth-order valence-electron chi connectivity index (χ4n) is 3.59. The van der Waals surface area contributed by atoms with E-state index in [1.807, 2.05) is 0 Å². The summed E-state index contributed by atoms with van der Waals surface area (Å²) in [4.78, 5) is 50.8. The maximum absolute atomic E-state index is 12.5. The largest absolute Gasteiger partial charge is 0.507 e. The van der Waals surface area contributed by atoms with Gasteiger partial charge in [-0.2, -0.15) is 0 Å². The molecule has 23 heavy (non-hydrogen) atoms. The van der Waals surface area contributed by atoms with Gasteiger partial charge in [0.2, 0.25) is 11.8 Å². The monoisotopic (exact) mass is 316 g/mol. The van der Waals surface area contributed by atoms with Gasteiger partial charge in [-0.05, 0) is 24.1 Å². The Bertz CT molecular complexity index is 770. The number of benzene rings is 1. The number of imide groups is 2. The summed E-state index contributed by atoms with van der Waals surface area (Å²) in [6.07, 6.45) is -0.107. The van der Waals surface area contributed by atoms with Gasteiger partial charge in [0.1, 0.15) is 5.75 Å². The number of amides is 4. The van der Waals surface area contributed by atoms with Crippen molar-refractivity contribution in [2.45, 2.75) is 39.3 Å². The molecule has 4 amide bonds. The van der Waals surface area contributed by atoms with E-state index in [2.05, 4.69) is 0 Å². The second-order valence-corrected chi connectivity index (χ2v) is 5.89. The molecule has 1 aliphatic carbocycles. The molecule has 1 aromatic rings. The van der Waals surface area contributed by atoms with Gasteiger partial charge in [-0.1, -0.05) is 6.07 Å². The molecule has 0 unspecified atom stereocenters. The van der Waals surface area contributed by atoms with Crippen molar-refractivity contribution >= 4 is 23.6 Å². The summed E-state index contributed by atoms with van der Waals surface area (Å²) in [7, 11) is 0. The van der Waals surface area contributed by atoms with Gasteiger partial charge < -0.3 is 5.11 Å². The molecule has 0 saturated carbocycles. The number of Topliss-reactive ketones (excluding diaryl/α,β-unsaturated/α-hetero) is 1. The van der Waals surface area contributed by atoms with Crippen LogP contribution in [0.25, 0.3) is 0 Å². The van der Waals surface area contributed by atoms with Crippen LogP contribution in [0.1, 0.15) is 47.8 Å². The first-order valence-corrected chi connectivity index (χ1v) is 7.25. The van der Waals surface area contributed by atoms with E-state index in [0.717, 1.165) is 9.80 Å². The van der Waals surface area contributed by atoms with Crippen LogP contribution >= 0.6 is 0 Å². The number of hydrogen-bond acceptors (Lipinski definition) is 5. The number of hydrogen-bond donors (Lipinski definition) is 1. The van der Waals surface area contributed by atoms with Gasteiger partial charge in [-0.3, -0.25) is 24.2 Å². The van der Waals surface area contributed by atoms with Crippen molar-refractivity contribution in [1.29, 1.82) is 0 Å². The number of carbonyl (C=O) groups excluding carboxylic acids is 4. The van der Waals surface area contributed by atoms with Crippen LogP contribution in [0.5, 0.6) is 5.75 Å². The van der Waals surface area contributed by atoms with E-state index in [4.69, 9.17) is 0 Å². The Hall–Kier alpha value is -2.70. The molecule has 1 fully saturated rings. The number of aryl methyl sites for hydroxylation is 1. The number of nitrogens with zero attached hydrogens (tertiary/aromatic N) is 2. The predicted octanol–water partition coefficient (Wildman–Crippen LogP) is 1.53. The van der Waals surface area contributed by atoms with Crippen molar-refractivity contribution in [3.8, 4) is 5.75 Å². The molecule has 7 heteroatoms. The third kappa shape index (κ3) is 1.96. The summed E-state index contributed by atoms with van der Waals surface area (Å²) >= 11 is 0. The van der Waals surface area contributed by atoms with E-state index in [1.165, 1.54) is 19.9 Å². The standard InChI is InChI=1S/C16H16N2O5/c1-7-4-5-11(21)14-12(22)6-10-15(13(7)14)18(9(3)20)16(23)17(10)8(2)19/h4-5,10,15,21H,6H2,1-3H3/t10-,15-/m1/s1. The van der Waals surface area contributed by atoms with E-state index >= 15 is 0 Å². The number of carbonyl (C=O) groups is 4. The zero-order chi connectivity index (χ0) is 17.0. The smallest absolute Gasteiger partial charge is 0.334 e. The second-order valence-electron chi connectivity index (χ2n) is 5.89. The van der Waals surface area contributed by atoms with Gasteiger partial charge in [0.05, 0.1) is 17.6 Å². The summed E-state index contributed by atoms with van der Waals surface area (Å²) in [5, 5.41) is 10.0. The van der Waals surface area contributed by atoms with Crippen LogP contribution in [0.3, 0.4) is 0 Å². The molecule has 3 rings (SSSR count). The van der Waals surface area contributed by atoms with Crippen molar-refractivity contribution in [3.05, 3.63) is 28.8 Å². The highest BCUT2D eigenvalue weighted by molar-refractivity contribution is 6.08. The van der Waals surface area contributed by atoms with Crippen molar-refractivity contribution < 1.29 is 24.3 Å². The summed E-state index contributed by atoms with van der Waals surface area (Å²) < 4.78 is 0. The van der Waals surface area contributed by atoms with Crippen LogP contribution in [0, 0.1) is 6.92 Å². The highest BCUT2D eigenvalue weighted by Gasteiger charge is 2.54. The highest BCUT2D eigenvalue weighted by Crippen LogP contribution is 2.46. The fourth-order valence-corrected chi connectivity index (χ4v) is 3.59. The Morgan fingerprint density at radius 3 is 2.30 bits per heavy atom. The average Bonchev–Trinajstić information content (AvgIpc) is 2.74. The molecule has 1 aliphatic heterocycles. The molecule has 0 aromatic heterocycles. The van der Waals surface area contributed by atoms with Gasteiger partial charge in [0.15, 0.2) is 5.78 Å². The molecular weight excluding hydrogens is 300 g/mol. The summed E-state index contributed by atoms with van der Waals surface area (Å²) in [5.74, 6) is -1.53. The van der Waals surface area contributed by atoms with Crippen LogP contribution in [0.4, 0.5) is 4.79 Å². The molecule has 2 atom stereocenters. The van der Waals surface area contributed by atoms with Gasteiger partial charge in [-0.25, -0.2) is 4.79 Å². The topological polar surface area (TPSA) is 95.0 Å². The lowest BCUT2D eigenvalue weighted by Gasteiger charge is -2.32. The Kier molecular flexibility index (Phi) is 3.24. The van der Waals surface area contributed by atoms with E-state index < -0.39 is 29.9 Å². The number of urea groups is 1.